The number of alkyl halides is 1. The van der Waals surface area contributed by atoms with Crippen LogP contribution in [0.2, 0.25) is 0 Å². The Hall–Kier alpha value is -0.310. The summed E-state index contributed by atoms with van der Waals surface area (Å²) in [6, 6.07) is 2.11. The number of rotatable bonds is 3. The van der Waals surface area contributed by atoms with Crippen molar-refractivity contribution in [2.24, 2.45) is 0 Å². The Balaban J connectivity index is 1.90. The third-order valence-corrected chi connectivity index (χ3v) is 2.02. The van der Waals surface area contributed by atoms with Gasteiger partial charge in [0.15, 0.2) is 0 Å². The highest BCUT2D eigenvalue weighted by atomic mass is 79.9. The second-order valence-corrected chi connectivity index (χ2v) is 2.97. The maximum atomic E-state index is 4.17. The maximum absolute atomic E-state index is 4.17. The average molecular weight is 187 g/mol. The molecule has 0 N–H and O–H groups in total. The third kappa shape index (κ3) is 0.796. The average Bonchev–Trinajstić information content (AvgIpc) is 2.44. The first-order valence-electron chi connectivity index (χ1n) is 3.06. The lowest BCUT2D eigenvalue weighted by Gasteiger charge is -2.05. The number of aryl methyl sites for hydroxylation is 1. The third-order valence-electron chi connectivity index (χ3n) is 1.46. The summed E-state index contributed by atoms with van der Waals surface area (Å²) >= 11 is 3.37. The van der Waals surface area contributed by atoms with E-state index in [9.17, 15) is 0 Å². The predicted octanol–water partition coefficient (Wildman–Crippen LogP) is 1.65. The summed E-state index contributed by atoms with van der Waals surface area (Å²) in [5.74, 6) is 0. The van der Waals surface area contributed by atoms with Gasteiger partial charge in [-0.2, -0.15) is 5.10 Å². The molecule has 2 nitrogen and oxygen atoms in total. The molecule has 0 atom stereocenters. The summed E-state index contributed by atoms with van der Waals surface area (Å²) in [5, 5.41) is 5.24. The SMILES string of the molecule is BrCCCn1nc2cc1-2. The lowest BCUT2D eigenvalue weighted by atomic mass is 10.5. The predicted molar refractivity (Wildman–Crippen MR) is 39.6 cm³/mol. The zero-order chi connectivity index (χ0) is 6.27. The van der Waals surface area contributed by atoms with Crippen LogP contribution >= 0.6 is 15.9 Å². The van der Waals surface area contributed by atoms with Gasteiger partial charge in [-0.15, -0.1) is 0 Å². The van der Waals surface area contributed by atoms with Crippen LogP contribution in [0.15, 0.2) is 6.07 Å². The van der Waals surface area contributed by atoms with Gasteiger partial charge >= 0.3 is 0 Å². The first-order chi connectivity index (χ1) is 4.42. The first-order valence-corrected chi connectivity index (χ1v) is 4.18. The van der Waals surface area contributed by atoms with Crippen LogP contribution in [0, 0.1) is 0 Å². The monoisotopic (exact) mass is 186 g/mol. The fraction of sp³-hybridized carbons (Fsp3) is 0.500. The molecule has 0 aromatic rings. The minimum Gasteiger partial charge on any atom is -0.263 e. The molecule has 2 aliphatic rings. The molecule has 0 spiro atoms. The van der Waals surface area contributed by atoms with Gasteiger partial charge in [-0.3, -0.25) is 4.68 Å². The summed E-state index contributed by atoms with van der Waals surface area (Å²) in [6.07, 6.45) is 1.17. The van der Waals surface area contributed by atoms with E-state index >= 15 is 0 Å². The molecular weight excluding hydrogens is 180 g/mol. The molecule has 0 fully saturated rings. The van der Waals surface area contributed by atoms with E-state index in [1.807, 2.05) is 0 Å². The number of aromatic nitrogens is 2. The highest BCUT2D eigenvalue weighted by Gasteiger charge is 2.22. The molecule has 0 aromatic carbocycles. The first kappa shape index (κ1) is 5.47. The van der Waals surface area contributed by atoms with Crippen LogP contribution in [0.4, 0.5) is 0 Å². The van der Waals surface area contributed by atoms with E-state index in [2.05, 4.69) is 31.8 Å². The van der Waals surface area contributed by atoms with Gasteiger partial charge in [0, 0.05) is 11.9 Å². The lowest BCUT2D eigenvalue weighted by molar-refractivity contribution is 0.588. The van der Waals surface area contributed by atoms with Crippen molar-refractivity contribution in [3.8, 4) is 11.4 Å². The summed E-state index contributed by atoms with van der Waals surface area (Å²) < 4.78 is 2.05. The molecule has 0 unspecified atom stereocenters. The van der Waals surface area contributed by atoms with Crippen LogP contribution in [-0.2, 0) is 6.54 Å². The second-order valence-electron chi connectivity index (χ2n) is 2.18. The summed E-state index contributed by atoms with van der Waals surface area (Å²) in [7, 11) is 0. The van der Waals surface area contributed by atoms with E-state index in [1.165, 1.54) is 17.8 Å². The van der Waals surface area contributed by atoms with Crippen LogP contribution in [0.5, 0.6) is 0 Å². The van der Waals surface area contributed by atoms with Gasteiger partial charge in [-0.05, 0) is 12.5 Å². The number of hydrogen-bond acceptors (Lipinski definition) is 1. The van der Waals surface area contributed by atoms with Crippen molar-refractivity contribution in [3.63, 3.8) is 0 Å². The van der Waals surface area contributed by atoms with Gasteiger partial charge in [0.2, 0.25) is 0 Å². The molecule has 0 saturated heterocycles. The van der Waals surface area contributed by atoms with Gasteiger partial charge < -0.3 is 0 Å². The molecule has 0 amide bonds. The summed E-state index contributed by atoms with van der Waals surface area (Å²) in [4.78, 5) is 0. The van der Waals surface area contributed by atoms with Crippen molar-refractivity contribution in [2.75, 3.05) is 5.33 Å². The molecule has 0 bridgehead atoms. The Kier molecular flexibility index (Phi) is 1.12. The minimum atomic E-state index is 1.07. The van der Waals surface area contributed by atoms with Crippen molar-refractivity contribution in [2.45, 2.75) is 13.0 Å². The fourth-order valence-electron chi connectivity index (χ4n) is 0.899. The molecule has 0 radical (unpaired) electrons. The van der Waals surface area contributed by atoms with Gasteiger partial charge in [0.05, 0.1) is 5.69 Å². The number of hydrogen-bond donors (Lipinski definition) is 0. The van der Waals surface area contributed by atoms with Crippen LogP contribution < -0.4 is 0 Å². The van der Waals surface area contributed by atoms with E-state index in [0.29, 0.717) is 0 Å². The minimum absolute atomic E-state index is 1.07. The van der Waals surface area contributed by atoms with E-state index in [1.54, 1.807) is 0 Å². The van der Waals surface area contributed by atoms with Crippen LogP contribution in [0.3, 0.4) is 0 Å². The second kappa shape index (κ2) is 1.84. The largest absolute Gasteiger partial charge is 0.263 e. The summed E-state index contributed by atoms with van der Waals surface area (Å²) in [6.45, 7) is 1.07. The standard InChI is InChI=1S/C6H7BrN2/c7-2-1-3-9-6-4-5(6)8-9/h4H,1-3H2. The van der Waals surface area contributed by atoms with Crippen LogP contribution in [0.25, 0.3) is 11.4 Å². The molecule has 2 rings (SSSR count). The fourth-order valence-corrected chi connectivity index (χ4v) is 1.15. The number of fused-ring (bicyclic) bond motifs is 1. The molecule has 0 aromatic heterocycles. The molecule has 1 aliphatic heterocycles. The maximum Gasteiger partial charge on any atom is 0.111 e. The Labute approximate surface area is 62.0 Å². The van der Waals surface area contributed by atoms with Gasteiger partial charge in [-0.25, -0.2) is 0 Å². The normalized spacial score (nSPS) is 12.1. The van der Waals surface area contributed by atoms with Crippen molar-refractivity contribution in [1.82, 2.24) is 9.78 Å². The van der Waals surface area contributed by atoms with Crippen molar-refractivity contribution < 1.29 is 0 Å². The molecule has 9 heavy (non-hydrogen) atoms. The molecule has 1 heterocycles. The van der Waals surface area contributed by atoms with Gasteiger partial charge in [0.25, 0.3) is 0 Å². The Morgan fingerprint density at radius 3 is 3.00 bits per heavy atom. The molecule has 0 saturated carbocycles. The van der Waals surface area contributed by atoms with Gasteiger partial charge in [-0.1, -0.05) is 15.9 Å². The zero-order valence-electron chi connectivity index (χ0n) is 4.97. The lowest BCUT2D eigenvalue weighted by Crippen LogP contribution is -2.07. The van der Waals surface area contributed by atoms with Crippen LogP contribution in [0.1, 0.15) is 6.42 Å². The molecule has 3 heteroatoms. The number of halogens is 1. The quantitative estimate of drug-likeness (QED) is 0.668. The van der Waals surface area contributed by atoms with Crippen molar-refractivity contribution in [1.29, 1.82) is 0 Å². The highest BCUT2D eigenvalue weighted by Crippen LogP contribution is 2.33. The summed E-state index contributed by atoms with van der Waals surface area (Å²) in [5.41, 5.74) is 2.57. The zero-order valence-corrected chi connectivity index (χ0v) is 6.56. The van der Waals surface area contributed by atoms with Gasteiger partial charge in [0.1, 0.15) is 5.69 Å². The highest BCUT2D eigenvalue weighted by molar-refractivity contribution is 9.09. The van der Waals surface area contributed by atoms with Crippen molar-refractivity contribution in [3.05, 3.63) is 6.07 Å². The number of nitrogens with zero attached hydrogens (tertiary/aromatic N) is 2. The van der Waals surface area contributed by atoms with Crippen molar-refractivity contribution >= 4 is 15.9 Å². The van der Waals surface area contributed by atoms with E-state index in [-0.39, 0.29) is 0 Å². The smallest absolute Gasteiger partial charge is 0.111 e. The Bertz CT molecular complexity index is 229. The Morgan fingerprint density at radius 1 is 1.67 bits per heavy atom. The Morgan fingerprint density at radius 2 is 2.56 bits per heavy atom. The molecule has 48 valence electrons. The van der Waals surface area contributed by atoms with E-state index in [4.69, 9.17) is 0 Å². The van der Waals surface area contributed by atoms with E-state index < -0.39 is 0 Å². The topological polar surface area (TPSA) is 17.8 Å². The van der Waals surface area contributed by atoms with E-state index in [0.717, 1.165) is 11.9 Å². The van der Waals surface area contributed by atoms with Crippen LogP contribution in [-0.4, -0.2) is 15.1 Å². The molecular formula is C6H7BrN2. The molecule has 1 aliphatic carbocycles.